The monoisotopic (exact) mass is 322 g/mol. The number of halogens is 1. The summed E-state index contributed by atoms with van der Waals surface area (Å²) in [4.78, 5) is 7.34. The molecule has 0 aliphatic carbocycles. The molecule has 1 saturated heterocycles. The predicted octanol–water partition coefficient (Wildman–Crippen LogP) is 2.11. The highest BCUT2D eigenvalue weighted by Gasteiger charge is 2.30. The number of aromatic amines is 1. The van der Waals surface area contributed by atoms with Gasteiger partial charge in [-0.2, -0.15) is 0 Å². The van der Waals surface area contributed by atoms with Gasteiger partial charge >= 0.3 is 0 Å². The van der Waals surface area contributed by atoms with Crippen molar-refractivity contribution in [2.75, 3.05) is 11.5 Å². The molecule has 0 amide bonds. The van der Waals surface area contributed by atoms with Crippen LogP contribution < -0.4 is 0 Å². The normalized spacial score (nSPS) is 23.5. The van der Waals surface area contributed by atoms with Crippen LogP contribution in [0, 0.1) is 11.6 Å². The molecular formula is C9H11BrN2O2S2. The maximum Gasteiger partial charge on any atom is 0.151 e. The van der Waals surface area contributed by atoms with Crippen molar-refractivity contribution in [3.05, 3.63) is 20.6 Å². The third-order valence-corrected chi connectivity index (χ3v) is 5.97. The third-order valence-electron chi connectivity index (χ3n) is 2.67. The molecule has 2 heterocycles. The van der Waals surface area contributed by atoms with Crippen molar-refractivity contribution >= 4 is 38.0 Å². The molecule has 1 aromatic heterocycles. The Bertz CT molecular complexity index is 580. The van der Waals surface area contributed by atoms with Gasteiger partial charge in [0.05, 0.1) is 16.0 Å². The first-order chi connectivity index (χ1) is 7.39. The van der Waals surface area contributed by atoms with Crippen LogP contribution in [0.25, 0.3) is 0 Å². The summed E-state index contributed by atoms with van der Waals surface area (Å²) < 4.78 is 24.0. The second-order valence-corrected chi connectivity index (χ2v) is 7.37. The summed E-state index contributed by atoms with van der Waals surface area (Å²) >= 11 is 8.42. The van der Waals surface area contributed by atoms with E-state index in [0.29, 0.717) is 16.9 Å². The molecule has 7 heteroatoms. The van der Waals surface area contributed by atoms with E-state index in [4.69, 9.17) is 12.2 Å². The molecule has 0 radical (unpaired) electrons. The first kappa shape index (κ1) is 12.2. The Morgan fingerprint density at radius 3 is 2.75 bits per heavy atom. The van der Waals surface area contributed by atoms with Gasteiger partial charge in [-0.15, -0.1) is 0 Å². The quantitative estimate of drug-likeness (QED) is 0.804. The van der Waals surface area contributed by atoms with Gasteiger partial charge in [0.25, 0.3) is 0 Å². The summed E-state index contributed by atoms with van der Waals surface area (Å²) in [5.41, 5.74) is 0.888. The van der Waals surface area contributed by atoms with Gasteiger partial charge in [-0.05, 0) is 29.3 Å². The van der Waals surface area contributed by atoms with Crippen LogP contribution in [0.5, 0.6) is 0 Å². The summed E-state index contributed by atoms with van der Waals surface area (Å²) in [6.45, 7) is 1.88. The van der Waals surface area contributed by atoms with E-state index in [0.717, 1.165) is 10.2 Å². The zero-order chi connectivity index (χ0) is 11.9. The number of H-pyrrole nitrogens is 1. The summed E-state index contributed by atoms with van der Waals surface area (Å²) in [7, 11) is -2.89. The Balaban J connectivity index is 2.40. The molecule has 1 aliphatic rings. The number of rotatable bonds is 1. The van der Waals surface area contributed by atoms with Crippen molar-refractivity contribution in [1.82, 2.24) is 9.97 Å². The molecule has 1 fully saturated rings. The summed E-state index contributed by atoms with van der Waals surface area (Å²) in [6.07, 6.45) is 0.627. The van der Waals surface area contributed by atoms with Gasteiger partial charge in [-0.25, -0.2) is 13.4 Å². The number of sulfone groups is 1. The van der Waals surface area contributed by atoms with Gasteiger partial charge in [0.1, 0.15) is 10.5 Å². The Morgan fingerprint density at radius 1 is 1.56 bits per heavy atom. The summed E-state index contributed by atoms with van der Waals surface area (Å²) in [5.74, 6) is 1.06. The van der Waals surface area contributed by atoms with Crippen LogP contribution in [0.1, 0.15) is 23.9 Å². The molecule has 16 heavy (non-hydrogen) atoms. The maximum atomic E-state index is 11.4. The number of nitrogens with zero attached hydrogens (tertiary/aromatic N) is 1. The van der Waals surface area contributed by atoms with Crippen LogP contribution in [0.3, 0.4) is 0 Å². The van der Waals surface area contributed by atoms with E-state index in [1.165, 1.54) is 0 Å². The van der Waals surface area contributed by atoms with Crippen molar-refractivity contribution in [3.63, 3.8) is 0 Å². The molecular weight excluding hydrogens is 312 g/mol. The lowest BCUT2D eigenvalue weighted by atomic mass is 10.1. The van der Waals surface area contributed by atoms with E-state index >= 15 is 0 Å². The fraction of sp³-hybridized carbons (Fsp3) is 0.556. The first-order valence-electron chi connectivity index (χ1n) is 4.86. The molecule has 0 spiro atoms. The number of nitrogens with one attached hydrogen (secondary N) is 1. The van der Waals surface area contributed by atoms with E-state index < -0.39 is 9.84 Å². The lowest BCUT2D eigenvalue weighted by Gasteiger charge is -2.09. The molecule has 0 bridgehead atoms. The molecule has 1 aliphatic heterocycles. The zero-order valence-electron chi connectivity index (χ0n) is 8.66. The highest BCUT2D eigenvalue weighted by Crippen LogP contribution is 2.27. The van der Waals surface area contributed by atoms with E-state index in [9.17, 15) is 8.42 Å². The largest absolute Gasteiger partial charge is 0.346 e. The van der Waals surface area contributed by atoms with Crippen LogP contribution in [-0.4, -0.2) is 29.9 Å². The minimum Gasteiger partial charge on any atom is -0.346 e. The van der Waals surface area contributed by atoms with Crippen LogP contribution in [0.2, 0.25) is 0 Å². The predicted molar refractivity (Wildman–Crippen MR) is 67.9 cm³/mol. The Labute approximate surface area is 108 Å². The molecule has 2 rings (SSSR count). The molecule has 1 atom stereocenters. The third kappa shape index (κ3) is 2.36. The van der Waals surface area contributed by atoms with Gasteiger partial charge in [0.15, 0.2) is 9.84 Å². The summed E-state index contributed by atoms with van der Waals surface area (Å²) in [6, 6.07) is 0. The van der Waals surface area contributed by atoms with Gasteiger partial charge in [-0.1, -0.05) is 12.2 Å². The highest BCUT2D eigenvalue weighted by atomic mass is 79.9. The zero-order valence-corrected chi connectivity index (χ0v) is 11.9. The second-order valence-electron chi connectivity index (χ2n) is 3.97. The average Bonchev–Trinajstić information content (AvgIpc) is 2.54. The maximum absolute atomic E-state index is 11.4. The van der Waals surface area contributed by atoms with Crippen LogP contribution >= 0.6 is 28.1 Å². The highest BCUT2D eigenvalue weighted by molar-refractivity contribution is 9.10. The van der Waals surface area contributed by atoms with Gasteiger partial charge in [0, 0.05) is 11.6 Å². The number of hydrogen-bond acceptors (Lipinski definition) is 4. The molecule has 0 saturated carbocycles. The van der Waals surface area contributed by atoms with Crippen molar-refractivity contribution in [1.29, 1.82) is 0 Å². The fourth-order valence-corrected chi connectivity index (χ4v) is 3.98. The Morgan fingerprint density at radius 2 is 2.25 bits per heavy atom. The topological polar surface area (TPSA) is 62.8 Å². The molecule has 0 aromatic carbocycles. The van der Waals surface area contributed by atoms with Crippen LogP contribution in [0.4, 0.5) is 0 Å². The smallest absolute Gasteiger partial charge is 0.151 e. The Hall–Kier alpha value is -0.270. The summed E-state index contributed by atoms with van der Waals surface area (Å²) in [5, 5.41) is 0. The first-order valence-corrected chi connectivity index (χ1v) is 7.88. The molecule has 4 nitrogen and oxygen atoms in total. The second kappa shape index (κ2) is 4.19. The van der Waals surface area contributed by atoms with Crippen molar-refractivity contribution in [2.45, 2.75) is 19.3 Å². The number of aromatic nitrogens is 2. The molecule has 1 unspecified atom stereocenters. The average molecular weight is 323 g/mol. The van der Waals surface area contributed by atoms with E-state index in [1.54, 1.807) is 0 Å². The number of aryl methyl sites for hydroxylation is 1. The van der Waals surface area contributed by atoms with E-state index in [2.05, 4.69) is 25.9 Å². The van der Waals surface area contributed by atoms with Crippen molar-refractivity contribution in [2.24, 2.45) is 0 Å². The SMILES string of the molecule is Cc1[nH]c(C2CCS(=O)(=O)C2)nc(=S)c1Br. The fourth-order valence-electron chi connectivity index (χ4n) is 1.80. The lowest BCUT2D eigenvalue weighted by molar-refractivity contribution is 0.601. The van der Waals surface area contributed by atoms with Gasteiger partial charge in [0.2, 0.25) is 0 Å². The van der Waals surface area contributed by atoms with E-state index in [-0.39, 0.29) is 17.4 Å². The van der Waals surface area contributed by atoms with Crippen molar-refractivity contribution in [3.8, 4) is 0 Å². The van der Waals surface area contributed by atoms with Gasteiger partial charge in [-0.3, -0.25) is 0 Å². The van der Waals surface area contributed by atoms with E-state index in [1.807, 2.05) is 6.92 Å². The van der Waals surface area contributed by atoms with Gasteiger partial charge < -0.3 is 4.98 Å². The van der Waals surface area contributed by atoms with Crippen molar-refractivity contribution < 1.29 is 8.42 Å². The minimum absolute atomic E-state index is 0.0431. The lowest BCUT2D eigenvalue weighted by Crippen LogP contribution is -2.08. The number of hydrogen-bond donors (Lipinski definition) is 1. The Kier molecular flexibility index (Phi) is 3.20. The molecule has 1 aromatic rings. The van der Waals surface area contributed by atoms with Crippen LogP contribution in [-0.2, 0) is 9.84 Å². The van der Waals surface area contributed by atoms with Crippen LogP contribution in [0.15, 0.2) is 4.47 Å². The molecule has 88 valence electrons. The standard InChI is InChI=1S/C9H11BrN2O2S2/c1-5-7(10)9(15)12-8(11-5)6-2-3-16(13,14)4-6/h6H,2-4H2,1H3,(H,11,12,15). The molecule has 1 N–H and O–H groups in total. The minimum atomic E-state index is -2.89.